The molecule has 1 unspecified atom stereocenters. The Bertz CT molecular complexity index is 664. The van der Waals surface area contributed by atoms with Crippen LogP contribution in [-0.2, 0) is 0 Å². The highest BCUT2D eigenvalue weighted by atomic mass is 14.9. The maximum absolute atomic E-state index is 6.18. The third-order valence-corrected chi connectivity index (χ3v) is 3.24. The number of aromatic nitrogens is 2. The Hall–Kier alpha value is -2.52. The van der Waals surface area contributed by atoms with Crippen LogP contribution in [0.15, 0.2) is 73.1 Å². The minimum absolute atomic E-state index is 0.291. The monoisotopic (exact) mass is 261 g/mol. The smallest absolute Gasteiger partial charge is 0.149 e. The van der Waals surface area contributed by atoms with Gasteiger partial charge in [0.25, 0.3) is 0 Å². The van der Waals surface area contributed by atoms with Crippen LogP contribution in [0.5, 0.6) is 0 Å². The van der Waals surface area contributed by atoms with Crippen molar-refractivity contribution in [1.82, 2.24) is 9.97 Å². The number of rotatable bonds is 3. The fourth-order valence-electron chi connectivity index (χ4n) is 2.13. The molecule has 0 amide bonds. The predicted molar refractivity (Wildman–Crippen MR) is 79.9 cm³/mol. The van der Waals surface area contributed by atoms with Crippen molar-refractivity contribution in [1.29, 1.82) is 0 Å². The highest BCUT2D eigenvalue weighted by Gasteiger charge is 2.11. The van der Waals surface area contributed by atoms with Gasteiger partial charge in [-0.25, -0.2) is 9.97 Å². The van der Waals surface area contributed by atoms with Crippen molar-refractivity contribution < 1.29 is 0 Å². The summed E-state index contributed by atoms with van der Waals surface area (Å²) in [4.78, 5) is 8.40. The molecule has 0 bridgehead atoms. The van der Waals surface area contributed by atoms with Crippen molar-refractivity contribution in [2.45, 2.75) is 6.04 Å². The van der Waals surface area contributed by atoms with E-state index in [1.807, 2.05) is 30.3 Å². The molecule has 2 N–H and O–H groups in total. The van der Waals surface area contributed by atoms with Crippen molar-refractivity contribution >= 4 is 0 Å². The second-order valence-electron chi connectivity index (χ2n) is 4.57. The maximum Gasteiger partial charge on any atom is 0.149 e. The SMILES string of the molecule is NC(c1ccc(-c2ccccc2)cc1)c1ncccn1. The lowest BCUT2D eigenvalue weighted by Crippen LogP contribution is -2.14. The van der Waals surface area contributed by atoms with Gasteiger partial charge in [-0.1, -0.05) is 54.6 Å². The molecule has 0 aliphatic carbocycles. The quantitative estimate of drug-likeness (QED) is 0.787. The van der Waals surface area contributed by atoms with E-state index in [1.165, 1.54) is 11.1 Å². The lowest BCUT2D eigenvalue weighted by Gasteiger charge is -2.11. The molecule has 0 aliphatic heterocycles. The van der Waals surface area contributed by atoms with Gasteiger partial charge in [-0.3, -0.25) is 0 Å². The summed E-state index contributed by atoms with van der Waals surface area (Å²) in [6.07, 6.45) is 3.42. The zero-order valence-corrected chi connectivity index (χ0v) is 11.0. The number of benzene rings is 2. The first kappa shape index (κ1) is 12.5. The minimum Gasteiger partial charge on any atom is -0.318 e. The zero-order chi connectivity index (χ0) is 13.8. The zero-order valence-electron chi connectivity index (χ0n) is 11.0. The standard InChI is InChI=1S/C17H15N3/c18-16(17-19-11-4-12-20-17)15-9-7-14(8-10-15)13-5-2-1-3-6-13/h1-12,16H,18H2. The first-order valence-electron chi connectivity index (χ1n) is 6.52. The topological polar surface area (TPSA) is 51.8 Å². The molecule has 1 heterocycles. The highest BCUT2D eigenvalue weighted by molar-refractivity contribution is 5.63. The van der Waals surface area contributed by atoms with Gasteiger partial charge in [0.15, 0.2) is 0 Å². The van der Waals surface area contributed by atoms with Crippen LogP contribution >= 0.6 is 0 Å². The van der Waals surface area contributed by atoms with Crippen LogP contribution in [-0.4, -0.2) is 9.97 Å². The molecule has 0 saturated heterocycles. The molecule has 3 rings (SSSR count). The van der Waals surface area contributed by atoms with Crippen molar-refractivity contribution in [3.8, 4) is 11.1 Å². The Morgan fingerprint density at radius 1 is 0.700 bits per heavy atom. The molecule has 3 aromatic rings. The molecule has 3 nitrogen and oxygen atoms in total. The van der Waals surface area contributed by atoms with E-state index in [0.29, 0.717) is 5.82 Å². The molecule has 3 heteroatoms. The molecule has 1 atom stereocenters. The van der Waals surface area contributed by atoms with E-state index in [2.05, 4.69) is 34.2 Å². The Kier molecular flexibility index (Phi) is 3.52. The van der Waals surface area contributed by atoms with Crippen LogP contribution in [0.25, 0.3) is 11.1 Å². The van der Waals surface area contributed by atoms with Crippen LogP contribution < -0.4 is 5.73 Å². The average Bonchev–Trinajstić information content (AvgIpc) is 2.56. The van der Waals surface area contributed by atoms with Crippen molar-refractivity contribution in [3.63, 3.8) is 0 Å². The molecular weight excluding hydrogens is 246 g/mol. The first-order chi connectivity index (χ1) is 9.84. The summed E-state index contributed by atoms with van der Waals surface area (Å²) in [5.41, 5.74) is 9.56. The first-order valence-corrected chi connectivity index (χ1v) is 6.52. The van der Waals surface area contributed by atoms with Gasteiger partial charge in [-0.15, -0.1) is 0 Å². The van der Waals surface area contributed by atoms with Crippen LogP contribution in [0.2, 0.25) is 0 Å². The summed E-state index contributed by atoms with van der Waals surface area (Å²) in [5.74, 6) is 0.639. The molecule has 0 fully saturated rings. The van der Waals surface area contributed by atoms with Crippen molar-refractivity contribution in [2.24, 2.45) is 5.73 Å². The molecular formula is C17H15N3. The van der Waals surface area contributed by atoms with Gasteiger partial charge in [-0.05, 0) is 22.8 Å². The molecule has 0 radical (unpaired) electrons. The van der Waals surface area contributed by atoms with E-state index in [0.717, 1.165) is 5.56 Å². The fraction of sp³-hybridized carbons (Fsp3) is 0.0588. The van der Waals surface area contributed by atoms with E-state index in [-0.39, 0.29) is 6.04 Å². The Balaban J connectivity index is 1.87. The number of hydrogen-bond acceptors (Lipinski definition) is 3. The molecule has 20 heavy (non-hydrogen) atoms. The van der Waals surface area contributed by atoms with Gasteiger partial charge >= 0.3 is 0 Å². The Morgan fingerprint density at radius 2 is 1.30 bits per heavy atom. The Labute approximate surface area is 118 Å². The van der Waals surface area contributed by atoms with E-state index in [4.69, 9.17) is 5.73 Å². The molecule has 2 aromatic carbocycles. The molecule has 0 saturated carbocycles. The third-order valence-electron chi connectivity index (χ3n) is 3.24. The molecule has 0 spiro atoms. The largest absolute Gasteiger partial charge is 0.318 e. The van der Waals surface area contributed by atoms with E-state index < -0.39 is 0 Å². The van der Waals surface area contributed by atoms with Crippen molar-refractivity contribution in [3.05, 3.63) is 84.4 Å². The normalized spacial score (nSPS) is 12.1. The van der Waals surface area contributed by atoms with Crippen LogP contribution in [0.1, 0.15) is 17.4 Å². The van der Waals surface area contributed by atoms with Crippen LogP contribution in [0.3, 0.4) is 0 Å². The van der Waals surface area contributed by atoms with E-state index in [1.54, 1.807) is 18.5 Å². The van der Waals surface area contributed by atoms with Crippen LogP contribution in [0.4, 0.5) is 0 Å². The number of nitrogens with zero attached hydrogens (tertiary/aromatic N) is 2. The minimum atomic E-state index is -0.291. The highest BCUT2D eigenvalue weighted by Crippen LogP contribution is 2.22. The summed E-state index contributed by atoms with van der Waals surface area (Å²) in [6.45, 7) is 0. The van der Waals surface area contributed by atoms with E-state index >= 15 is 0 Å². The van der Waals surface area contributed by atoms with Gasteiger partial charge < -0.3 is 5.73 Å². The van der Waals surface area contributed by atoms with E-state index in [9.17, 15) is 0 Å². The summed E-state index contributed by atoms with van der Waals surface area (Å²) in [6, 6.07) is 20.0. The molecule has 0 aliphatic rings. The molecule has 98 valence electrons. The predicted octanol–water partition coefficient (Wildman–Crippen LogP) is 3.19. The second-order valence-corrected chi connectivity index (χ2v) is 4.57. The summed E-state index contributed by atoms with van der Waals surface area (Å²) >= 11 is 0. The molecule has 1 aromatic heterocycles. The van der Waals surface area contributed by atoms with Gasteiger partial charge in [0.1, 0.15) is 5.82 Å². The third kappa shape index (κ3) is 2.58. The number of hydrogen-bond donors (Lipinski definition) is 1. The van der Waals surface area contributed by atoms with Gasteiger partial charge in [-0.2, -0.15) is 0 Å². The van der Waals surface area contributed by atoms with Crippen LogP contribution in [0, 0.1) is 0 Å². The number of nitrogens with two attached hydrogens (primary N) is 1. The summed E-state index contributed by atoms with van der Waals surface area (Å²) < 4.78 is 0. The maximum atomic E-state index is 6.18. The van der Waals surface area contributed by atoms with Crippen molar-refractivity contribution in [2.75, 3.05) is 0 Å². The lowest BCUT2D eigenvalue weighted by atomic mass is 10.0. The summed E-state index contributed by atoms with van der Waals surface area (Å²) in [5, 5.41) is 0. The fourth-order valence-corrected chi connectivity index (χ4v) is 2.13. The lowest BCUT2D eigenvalue weighted by molar-refractivity contribution is 0.781. The Morgan fingerprint density at radius 3 is 1.95 bits per heavy atom. The van der Waals surface area contributed by atoms with Gasteiger partial charge in [0, 0.05) is 12.4 Å². The second kappa shape index (κ2) is 5.63. The average molecular weight is 261 g/mol. The van der Waals surface area contributed by atoms with Gasteiger partial charge in [0.05, 0.1) is 6.04 Å². The van der Waals surface area contributed by atoms with Gasteiger partial charge in [0.2, 0.25) is 0 Å². The summed E-state index contributed by atoms with van der Waals surface area (Å²) in [7, 11) is 0.